The molecule has 22 nitrogen and oxygen atoms in total. The fourth-order valence-corrected chi connectivity index (χ4v) is 10.2. The molecule has 1 fully saturated rings. The number of hydrogen-bond acceptors (Lipinski definition) is 15. The van der Waals surface area contributed by atoms with Crippen molar-refractivity contribution in [3.05, 3.63) is 130 Å². The van der Waals surface area contributed by atoms with E-state index in [1.165, 1.54) is 70.1 Å². The van der Waals surface area contributed by atoms with Crippen LogP contribution in [0.5, 0.6) is 11.5 Å². The molecule has 0 spiro atoms. The van der Waals surface area contributed by atoms with Crippen LogP contribution >= 0.6 is 33.2 Å². The van der Waals surface area contributed by atoms with Crippen LogP contribution in [0.3, 0.4) is 0 Å². The minimum Gasteiger partial charge on any atom is -0.508 e. The molecular formula is C55H70ClN11O11S2. The van der Waals surface area contributed by atoms with Crippen molar-refractivity contribution in [1.82, 2.24) is 37.2 Å². The van der Waals surface area contributed by atoms with Gasteiger partial charge < -0.3 is 70.4 Å². The summed E-state index contributed by atoms with van der Waals surface area (Å²) in [4.78, 5) is 123. The van der Waals surface area contributed by atoms with Gasteiger partial charge in [-0.25, -0.2) is 0 Å². The SMILES string of the molecule is CSSC[C@@H](NC(=O)[C@@H](N)Cc1ccc(Cl)cc1)C(=O)N[C@@H](Cc1ccc(O)cc1)C(=O)N[C@H](Cc1ccc(C(N)=O)cc1)C(=O)N[C@@H](CCCCN)C(=O)NC1C(=O)N[C@H](C(=O)N[C@H](Cc2ccc(O)cc2)C(N)=O)CC1(C)C. The first-order valence-electron chi connectivity index (χ1n) is 25.7. The number of phenols is 2. The minimum absolute atomic E-state index is 0.00368. The van der Waals surface area contributed by atoms with Crippen LogP contribution in [0.2, 0.25) is 5.02 Å². The van der Waals surface area contributed by atoms with Crippen LogP contribution in [-0.2, 0) is 64.0 Å². The third-order valence-electron chi connectivity index (χ3n) is 13.3. The van der Waals surface area contributed by atoms with Crippen LogP contribution in [0.25, 0.3) is 0 Å². The van der Waals surface area contributed by atoms with Gasteiger partial charge in [-0.2, -0.15) is 0 Å². The summed E-state index contributed by atoms with van der Waals surface area (Å²) in [5.74, 6) is -6.81. The number of carbonyl (C=O) groups is 9. The Bertz CT molecular complexity index is 2810. The van der Waals surface area contributed by atoms with Crippen molar-refractivity contribution in [2.24, 2.45) is 28.3 Å². The fraction of sp³-hybridized carbons (Fsp3) is 0.400. The first kappa shape index (κ1) is 63.5. The van der Waals surface area contributed by atoms with E-state index >= 15 is 0 Å². The lowest BCUT2D eigenvalue weighted by atomic mass is 9.75. The summed E-state index contributed by atoms with van der Waals surface area (Å²) in [6, 6.07) is 14.6. The molecule has 0 radical (unpaired) electrons. The summed E-state index contributed by atoms with van der Waals surface area (Å²) in [7, 11) is 2.61. The van der Waals surface area contributed by atoms with E-state index in [1.807, 2.05) is 0 Å². The number of phenolic OH excluding ortho intramolecular Hbond substituents is 2. The van der Waals surface area contributed by atoms with Gasteiger partial charge in [-0.3, -0.25) is 43.2 Å². The number of aromatic hydroxyl groups is 2. The van der Waals surface area contributed by atoms with Crippen LogP contribution in [0.15, 0.2) is 97.1 Å². The lowest BCUT2D eigenvalue weighted by Gasteiger charge is -2.42. The molecule has 9 amide bonds. The van der Waals surface area contributed by atoms with Gasteiger partial charge >= 0.3 is 0 Å². The standard InChI is InChI=1S/C55H70ClN11O11S2/c1-55(2)28-43(52(76)62-40(47(60)71)25-32-11-19-36(68)20-12-32)65-54(78)45(55)67-49(73)39(6-4-5-23-57)61-50(74)41(26-31-7-15-34(16-8-31)46(59)70)63-51(75)42(27-33-13-21-37(69)22-14-33)64-53(77)44(29-80-79-3)66-48(72)38(58)24-30-9-17-35(56)18-10-30/h7-22,38-45,68-69H,4-6,23-29,57-58H2,1-3H3,(H2,59,70)(H2,60,71)(H,61,74)(H,62,76)(H,63,75)(H,64,77)(H,65,78)(H,66,72)(H,67,73)/t38-,39-,40+,41+,42-,43-,44+,45?/m0/s1. The number of nitrogens with two attached hydrogens (primary N) is 4. The van der Waals surface area contributed by atoms with E-state index in [0.717, 1.165) is 5.56 Å². The summed E-state index contributed by atoms with van der Waals surface area (Å²) < 4.78 is 0. The van der Waals surface area contributed by atoms with Gasteiger partial charge in [0.1, 0.15) is 53.8 Å². The van der Waals surface area contributed by atoms with Crippen molar-refractivity contribution in [2.75, 3.05) is 18.6 Å². The number of rotatable bonds is 29. The molecule has 4 aromatic rings. The quantitative estimate of drug-likeness (QED) is 0.0265. The topological polar surface area (TPSA) is 382 Å². The number of unbranched alkanes of at least 4 members (excludes halogenated alkanes) is 1. The lowest BCUT2D eigenvalue weighted by molar-refractivity contribution is -0.141. The monoisotopic (exact) mass is 1160 g/mol. The highest BCUT2D eigenvalue weighted by Crippen LogP contribution is 2.31. The average Bonchev–Trinajstić information content (AvgIpc) is 3.42. The molecule has 1 heterocycles. The normalized spacial score (nSPS) is 16.9. The Labute approximate surface area is 476 Å². The van der Waals surface area contributed by atoms with Gasteiger partial charge in [-0.15, -0.1) is 0 Å². The Morgan fingerprint density at radius 3 is 1.59 bits per heavy atom. The van der Waals surface area contributed by atoms with Gasteiger partial charge in [0.25, 0.3) is 0 Å². The number of amides is 9. The van der Waals surface area contributed by atoms with Crippen LogP contribution in [0.1, 0.15) is 72.1 Å². The van der Waals surface area contributed by atoms with Gasteiger partial charge in [0, 0.05) is 35.6 Å². The Kier molecular flexibility index (Phi) is 24.0. The lowest BCUT2D eigenvalue weighted by Crippen LogP contribution is -2.67. The van der Waals surface area contributed by atoms with E-state index < -0.39 is 107 Å². The molecule has 1 aliphatic rings. The molecule has 0 aliphatic carbocycles. The van der Waals surface area contributed by atoms with Crippen LogP contribution in [0, 0.1) is 5.41 Å². The molecule has 4 aromatic carbocycles. The van der Waals surface area contributed by atoms with Crippen LogP contribution in [-0.4, -0.2) is 130 Å². The maximum Gasteiger partial charge on any atom is 0.248 e. The number of piperidine rings is 1. The Morgan fingerprint density at radius 1 is 0.637 bits per heavy atom. The molecule has 0 bridgehead atoms. The molecule has 0 aromatic heterocycles. The smallest absolute Gasteiger partial charge is 0.248 e. The molecule has 8 atom stereocenters. The van der Waals surface area contributed by atoms with Gasteiger partial charge in [-0.05, 0) is 121 Å². The number of halogens is 1. The average molecular weight is 1160 g/mol. The third kappa shape index (κ3) is 19.5. The van der Waals surface area contributed by atoms with E-state index in [-0.39, 0.29) is 67.9 Å². The highest BCUT2D eigenvalue weighted by Gasteiger charge is 2.46. The van der Waals surface area contributed by atoms with Gasteiger partial charge in [-0.1, -0.05) is 95.6 Å². The van der Waals surface area contributed by atoms with Crippen LogP contribution in [0.4, 0.5) is 0 Å². The molecule has 17 N–H and O–H groups in total. The molecule has 1 saturated heterocycles. The second kappa shape index (κ2) is 30.3. The van der Waals surface area contributed by atoms with Crippen molar-refractivity contribution in [3.8, 4) is 11.5 Å². The third-order valence-corrected chi connectivity index (χ3v) is 15.4. The summed E-state index contributed by atoms with van der Waals surface area (Å²) in [6.07, 6.45) is 2.36. The molecule has 5 rings (SSSR count). The van der Waals surface area contributed by atoms with Crippen molar-refractivity contribution in [3.63, 3.8) is 0 Å². The minimum atomic E-state index is -1.47. The molecule has 25 heteroatoms. The summed E-state index contributed by atoms with van der Waals surface area (Å²) in [5.41, 5.74) is 24.6. The summed E-state index contributed by atoms with van der Waals surface area (Å²) in [5, 5.41) is 39.2. The second-order valence-corrected chi connectivity index (χ2v) is 23.1. The van der Waals surface area contributed by atoms with Crippen molar-refractivity contribution >= 4 is 86.4 Å². The van der Waals surface area contributed by atoms with Crippen molar-refractivity contribution in [1.29, 1.82) is 0 Å². The summed E-state index contributed by atoms with van der Waals surface area (Å²) >= 11 is 6.03. The van der Waals surface area contributed by atoms with E-state index in [0.29, 0.717) is 34.6 Å². The number of benzene rings is 4. The van der Waals surface area contributed by atoms with Gasteiger partial charge in [0.15, 0.2) is 0 Å². The largest absolute Gasteiger partial charge is 0.508 e. The maximum absolute atomic E-state index is 14.7. The highest BCUT2D eigenvalue weighted by molar-refractivity contribution is 8.76. The van der Waals surface area contributed by atoms with E-state index in [1.54, 1.807) is 68.6 Å². The predicted molar refractivity (Wildman–Crippen MR) is 305 cm³/mol. The number of nitrogens with one attached hydrogen (secondary N) is 7. The molecule has 430 valence electrons. The molecule has 1 unspecified atom stereocenters. The zero-order valence-corrected chi connectivity index (χ0v) is 46.9. The van der Waals surface area contributed by atoms with Crippen molar-refractivity contribution < 1.29 is 53.4 Å². The molecule has 80 heavy (non-hydrogen) atoms. The Hall–Kier alpha value is -7.38. The zero-order chi connectivity index (χ0) is 58.7. The van der Waals surface area contributed by atoms with Crippen molar-refractivity contribution in [2.45, 2.75) is 114 Å². The van der Waals surface area contributed by atoms with Gasteiger partial charge in [0.2, 0.25) is 53.2 Å². The predicted octanol–water partition coefficient (Wildman–Crippen LogP) is 0.897. The first-order chi connectivity index (χ1) is 38.0. The molecular weight excluding hydrogens is 1090 g/mol. The second-order valence-electron chi connectivity index (χ2n) is 20.1. The zero-order valence-electron chi connectivity index (χ0n) is 44.5. The number of carbonyl (C=O) groups excluding carboxylic acids is 9. The Balaban J connectivity index is 1.38. The van der Waals surface area contributed by atoms with Gasteiger partial charge in [0.05, 0.1) is 6.04 Å². The number of primary amides is 2. The molecule has 0 saturated carbocycles. The Morgan fingerprint density at radius 2 is 1.10 bits per heavy atom. The number of hydrogen-bond donors (Lipinski definition) is 13. The summed E-state index contributed by atoms with van der Waals surface area (Å²) in [6.45, 7) is 3.58. The first-order valence-corrected chi connectivity index (χ1v) is 28.8. The van der Waals surface area contributed by atoms with Crippen LogP contribution < -0.4 is 60.2 Å². The molecule has 1 aliphatic heterocycles. The fourth-order valence-electron chi connectivity index (χ4n) is 8.80. The maximum atomic E-state index is 14.7. The van der Waals surface area contributed by atoms with E-state index in [2.05, 4.69) is 37.2 Å². The van der Waals surface area contributed by atoms with E-state index in [9.17, 15) is 53.4 Å². The van der Waals surface area contributed by atoms with E-state index in [4.69, 9.17) is 34.5 Å². The highest BCUT2D eigenvalue weighted by atomic mass is 35.5.